The fourth-order valence-corrected chi connectivity index (χ4v) is 3.29. The molecule has 1 aliphatic heterocycles. The zero-order valence-corrected chi connectivity index (χ0v) is 13.5. The van der Waals surface area contributed by atoms with Crippen LogP contribution < -0.4 is 0 Å². The molecule has 2 nitrogen and oxygen atoms in total. The van der Waals surface area contributed by atoms with Crippen LogP contribution in [0.25, 0.3) is 0 Å². The van der Waals surface area contributed by atoms with Gasteiger partial charge < -0.3 is 4.90 Å². The molecule has 0 bridgehead atoms. The van der Waals surface area contributed by atoms with Crippen molar-refractivity contribution in [3.05, 3.63) is 33.8 Å². The van der Waals surface area contributed by atoms with Gasteiger partial charge in [-0.25, -0.2) is 0 Å². The quantitative estimate of drug-likeness (QED) is 0.729. The highest BCUT2D eigenvalue weighted by Crippen LogP contribution is 2.24. The topological polar surface area (TPSA) is 20.3 Å². The molecule has 1 amide bonds. The molecule has 0 saturated carbocycles. The molecule has 1 aromatic rings. The fraction of sp³-hybridized carbons (Fsp3) is 0.533. The molecule has 4 heteroatoms. The molecule has 0 N–H and O–H groups in total. The number of benzene rings is 1. The van der Waals surface area contributed by atoms with Crippen molar-refractivity contribution in [1.82, 2.24) is 4.90 Å². The van der Waals surface area contributed by atoms with Crippen LogP contribution in [0.4, 0.5) is 0 Å². The molecule has 2 rings (SSSR count). The molecule has 1 aromatic carbocycles. The van der Waals surface area contributed by atoms with Crippen molar-refractivity contribution in [2.75, 3.05) is 12.4 Å². The average molecular weight is 345 g/mol. The summed E-state index contributed by atoms with van der Waals surface area (Å²) in [6, 6.07) is 5.96. The van der Waals surface area contributed by atoms with Gasteiger partial charge in [0.1, 0.15) is 0 Å². The van der Waals surface area contributed by atoms with Crippen LogP contribution in [-0.2, 0) is 0 Å². The first-order chi connectivity index (χ1) is 9.15. The third-order valence-corrected chi connectivity index (χ3v) is 5.03. The Kier molecular flexibility index (Phi) is 5.28. The van der Waals surface area contributed by atoms with Crippen LogP contribution in [0.15, 0.2) is 22.7 Å². The Morgan fingerprint density at radius 2 is 2.21 bits per heavy atom. The van der Waals surface area contributed by atoms with Gasteiger partial charge in [0.2, 0.25) is 0 Å². The fourth-order valence-electron chi connectivity index (χ4n) is 2.60. The van der Waals surface area contributed by atoms with Gasteiger partial charge in [-0.05, 0) is 37.5 Å². The lowest BCUT2D eigenvalue weighted by Crippen LogP contribution is -2.41. The Bertz CT molecular complexity index is 463. The van der Waals surface area contributed by atoms with Crippen LogP contribution in [0.1, 0.15) is 41.6 Å². The zero-order chi connectivity index (χ0) is 13.8. The van der Waals surface area contributed by atoms with Gasteiger partial charge in [0, 0.05) is 28.5 Å². The summed E-state index contributed by atoms with van der Waals surface area (Å²) < 4.78 is 0.982. The second-order valence-corrected chi connectivity index (χ2v) is 6.23. The molecule has 0 aromatic heterocycles. The predicted molar refractivity (Wildman–Crippen MR) is 82.9 cm³/mol. The first-order valence-electron chi connectivity index (χ1n) is 6.77. The first kappa shape index (κ1) is 14.9. The molecule has 1 atom stereocenters. The van der Waals surface area contributed by atoms with Gasteiger partial charge in [0.05, 0.1) is 0 Å². The van der Waals surface area contributed by atoms with Crippen molar-refractivity contribution in [2.45, 2.75) is 38.6 Å². The van der Waals surface area contributed by atoms with E-state index >= 15 is 0 Å². The standard InChI is InChI=1S/C15H19BrClNO/c1-11-13(7-5-8-14(11)16)15(19)18-9-4-2-3-6-12(18)10-17/h5,7-8,12H,2-4,6,9-10H2,1H3. The normalized spacial score (nSPS) is 20.2. The first-order valence-corrected chi connectivity index (χ1v) is 8.10. The molecule has 104 valence electrons. The van der Waals surface area contributed by atoms with E-state index in [9.17, 15) is 4.79 Å². The average Bonchev–Trinajstić information content (AvgIpc) is 2.66. The third kappa shape index (κ3) is 3.32. The van der Waals surface area contributed by atoms with Crippen LogP contribution in [0, 0.1) is 6.92 Å². The van der Waals surface area contributed by atoms with Gasteiger partial charge in [0.25, 0.3) is 5.91 Å². The molecule has 1 unspecified atom stereocenters. The minimum absolute atomic E-state index is 0.117. The number of alkyl halides is 1. The van der Waals surface area contributed by atoms with E-state index in [1.165, 1.54) is 12.8 Å². The number of likely N-dealkylation sites (tertiary alicyclic amines) is 1. The number of carbonyl (C=O) groups is 1. The molecule has 19 heavy (non-hydrogen) atoms. The lowest BCUT2D eigenvalue weighted by Gasteiger charge is -2.29. The lowest BCUT2D eigenvalue weighted by molar-refractivity contribution is 0.0699. The van der Waals surface area contributed by atoms with Gasteiger partial charge in [-0.3, -0.25) is 4.79 Å². The van der Waals surface area contributed by atoms with E-state index in [-0.39, 0.29) is 11.9 Å². The van der Waals surface area contributed by atoms with E-state index in [1.54, 1.807) is 0 Å². The van der Waals surface area contributed by atoms with Crippen LogP contribution >= 0.6 is 27.5 Å². The number of carbonyl (C=O) groups excluding carboxylic acids is 1. The maximum absolute atomic E-state index is 12.7. The van der Waals surface area contributed by atoms with Crippen molar-refractivity contribution in [1.29, 1.82) is 0 Å². The highest BCUT2D eigenvalue weighted by Gasteiger charge is 2.26. The van der Waals surface area contributed by atoms with E-state index in [4.69, 9.17) is 11.6 Å². The maximum atomic E-state index is 12.7. The molecule has 1 fully saturated rings. The number of hydrogen-bond donors (Lipinski definition) is 0. The minimum atomic E-state index is 0.117. The Balaban J connectivity index is 2.28. The van der Waals surface area contributed by atoms with E-state index in [2.05, 4.69) is 15.9 Å². The summed E-state index contributed by atoms with van der Waals surface area (Å²) in [6.45, 7) is 2.80. The highest BCUT2D eigenvalue weighted by molar-refractivity contribution is 9.10. The minimum Gasteiger partial charge on any atom is -0.334 e. The summed E-state index contributed by atoms with van der Waals surface area (Å²) in [7, 11) is 0. The molecular formula is C15H19BrClNO. The van der Waals surface area contributed by atoms with Crippen molar-refractivity contribution in [2.24, 2.45) is 0 Å². The molecule has 1 heterocycles. The third-order valence-electron chi connectivity index (χ3n) is 3.81. The Hall–Kier alpha value is -0.540. The zero-order valence-electron chi connectivity index (χ0n) is 11.2. The van der Waals surface area contributed by atoms with Crippen LogP contribution in [0.5, 0.6) is 0 Å². The van der Waals surface area contributed by atoms with Crippen molar-refractivity contribution in [3.63, 3.8) is 0 Å². The van der Waals surface area contributed by atoms with Crippen molar-refractivity contribution >= 4 is 33.4 Å². The highest BCUT2D eigenvalue weighted by atomic mass is 79.9. The maximum Gasteiger partial charge on any atom is 0.254 e. The molecule has 0 aliphatic carbocycles. The predicted octanol–water partition coefficient (Wildman–Crippen LogP) is 4.38. The number of hydrogen-bond acceptors (Lipinski definition) is 1. The largest absolute Gasteiger partial charge is 0.334 e. The smallest absolute Gasteiger partial charge is 0.254 e. The van der Waals surface area contributed by atoms with E-state index in [1.807, 2.05) is 30.0 Å². The number of rotatable bonds is 2. The van der Waals surface area contributed by atoms with Gasteiger partial charge >= 0.3 is 0 Å². The summed E-state index contributed by atoms with van der Waals surface area (Å²) in [5.74, 6) is 0.644. The van der Waals surface area contributed by atoms with E-state index < -0.39 is 0 Å². The molecular weight excluding hydrogens is 326 g/mol. The molecule has 1 saturated heterocycles. The van der Waals surface area contributed by atoms with Crippen LogP contribution in [0.3, 0.4) is 0 Å². The Morgan fingerprint density at radius 1 is 1.42 bits per heavy atom. The van der Waals surface area contributed by atoms with Crippen molar-refractivity contribution in [3.8, 4) is 0 Å². The SMILES string of the molecule is Cc1c(Br)cccc1C(=O)N1CCCCCC1CCl. The van der Waals surface area contributed by atoms with Gasteiger partial charge in [0.15, 0.2) is 0 Å². The van der Waals surface area contributed by atoms with Crippen LogP contribution in [-0.4, -0.2) is 29.3 Å². The number of amides is 1. The van der Waals surface area contributed by atoms with Crippen LogP contribution in [0.2, 0.25) is 0 Å². The Labute approximate surface area is 128 Å². The van der Waals surface area contributed by atoms with Gasteiger partial charge in [-0.1, -0.05) is 34.8 Å². The Morgan fingerprint density at radius 3 is 2.95 bits per heavy atom. The van der Waals surface area contributed by atoms with Gasteiger partial charge in [-0.2, -0.15) is 0 Å². The summed E-state index contributed by atoms with van der Waals surface area (Å²) in [6.07, 6.45) is 4.45. The summed E-state index contributed by atoms with van der Waals surface area (Å²) in [4.78, 5) is 14.7. The summed E-state index contributed by atoms with van der Waals surface area (Å²) >= 11 is 9.54. The summed E-state index contributed by atoms with van der Waals surface area (Å²) in [5.41, 5.74) is 1.79. The van der Waals surface area contributed by atoms with Crippen molar-refractivity contribution < 1.29 is 4.79 Å². The molecule has 1 aliphatic rings. The summed E-state index contributed by atoms with van der Waals surface area (Å²) in [5, 5.41) is 0. The number of halogens is 2. The van der Waals surface area contributed by atoms with Gasteiger partial charge in [-0.15, -0.1) is 11.6 Å². The molecule has 0 spiro atoms. The van der Waals surface area contributed by atoms with E-state index in [0.29, 0.717) is 5.88 Å². The second-order valence-electron chi connectivity index (χ2n) is 5.07. The van der Waals surface area contributed by atoms with E-state index in [0.717, 1.165) is 35.0 Å². The monoisotopic (exact) mass is 343 g/mol. The lowest BCUT2D eigenvalue weighted by atomic mass is 10.1. The molecule has 0 radical (unpaired) electrons. The second kappa shape index (κ2) is 6.76. The number of nitrogens with zero attached hydrogens (tertiary/aromatic N) is 1.